The molecule has 0 fully saturated rings. The first-order chi connectivity index (χ1) is 11.3. The minimum atomic E-state index is -0.845. The van der Waals surface area contributed by atoms with Gasteiger partial charge in [0.05, 0.1) is 18.3 Å². The van der Waals surface area contributed by atoms with E-state index in [9.17, 15) is 9.90 Å². The maximum atomic E-state index is 11.9. The zero-order valence-electron chi connectivity index (χ0n) is 14.8. The number of likely N-dealkylation sites (N-methyl/N-ethyl adjacent to an activating group) is 1. The normalized spacial score (nSPS) is 12.4. The molecule has 6 heteroatoms. The van der Waals surface area contributed by atoms with Crippen LogP contribution in [0.5, 0.6) is 5.75 Å². The number of benzene rings is 1. The van der Waals surface area contributed by atoms with Crippen molar-refractivity contribution < 1.29 is 14.6 Å². The van der Waals surface area contributed by atoms with Crippen LogP contribution in [0.3, 0.4) is 0 Å². The molecule has 24 heavy (non-hydrogen) atoms. The largest absolute Gasteiger partial charge is 0.496 e. The lowest BCUT2D eigenvalue weighted by Crippen LogP contribution is -2.32. The summed E-state index contributed by atoms with van der Waals surface area (Å²) in [7, 11) is 3.48. The number of methoxy groups -OCH3 is 1. The van der Waals surface area contributed by atoms with Crippen LogP contribution in [0.15, 0.2) is 17.6 Å². The maximum Gasteiger partial charge on any atom is 0.325 e. The number of carboxylic acid groups (broad SMARTS) is 1. The van der Waals surface area contributed by atoms with Crippen molar-refractivity contribution in [2.75, 3.05) is 20.7 Å². The van der Waals surface area contributed by atoms with E-state index in [2.05, 4.69) is 4.98 Å². The molecule has 0 amide bonds. The van der Waals surface area contributed by atoms with Crippen molar-refractivity contribution in [2.45, 2.75) is 33.2 Å². The summed E-state index contributed by atoms with van der Waals surface area (Å²) in [4.78, 5) is 19.2. The highest BCUT2D eigenvalue weighted by molar-refractivity contribution is 7.09. The number of aliphatic carboxylic acids is 1. The monoisotopic (exact) mass is 348 g/mol. The van der Waals surface area contributed by atoms with Gasteiger partial charge in [-0.3, -0.25) is 9.69 Å². The summed E-state index contributed by atoms with van der Waals surface area (Å²) in [5.74, 6) is -0.0340. The van der Waals surface area contributed by atoms with E-state index >= 15 is 0 Å². The average molecular weight is 348 g/mol. The molecule has 0 unspecified atom stereocenters. The second-order valence-corrected chi connectivity index (χ2v) is 6.96. The molecule has 1 atom stereocenters. The number of hydrogen-bond acceptors (Lipinski definition) is 5. The van der Waals surface area contributed by atoms with E-state index in [1.807, 2.05) is 50.4 Å². The molecule has 0 aliphatic heterocycles. The Morgan fingerprint density at radius 1 is 1.33 bits per heavy atom. The van der Waals surface area contributed by atoms with E-state index in [4.69, 9.17) is 4.74 Å². The average Bonchev–Trinajstić information content (AvgIpc) is 2.90. The predicted octanol–water partition coefficient (Wildman–Crippen LogP) is 3.38. The first-order valence-electron chi connectivity index (χ1n) is 7.82. The summed E-state index contributed by atoms with van der Waals surface area (Å²) in [6.45, 7) is 6.52. The van der Waals surface area contributed by atoms with Crippen molar-refractivity contribution in [1.82, 2.24) is 9.88 Å². The highest BCUT2D eigenvalue weighted by Crippen LogP contribution is 2.29. The smallest absolute Gasteiger partial charge is 0.325 e. The fourth-order valence-corrected chi connectivity index (χ4v) is 3.79. The molecule has 0 spiro atoms. The van der Waals surface area contributed by atoms with E-state index in [-0.39, 0.29) is 0 Å². The van der Waals surface area contributed by atoms with Gasteiger partial charge in [0.15, 0.2) is 0 Å². The van der Waals surface area contributed by atoms with Gasteiger partial charge in [0, 0.05) is 11.4 Å². The highest BCUT2D eigenvalue weighted by Gasteiger charge is 2.26. The van der Waals surface area contributed by atoms with E-state index < -0.39 is 12.0 Å². The maximum absolute atomic E-state index is 11.9. The van der Waals surface area contributed by atoms with Crippen LogP contribution in [-0.2, 0) is 11.2 Å². The molecule has 1 N–H and O–H groups in total. The zero-order chi connectivity index (χ0) is 17.9. The van der Waals surface area contributed by atoms with Gasteiger partial charge in [-0.1, -0.05) is 12.1 Å². The Hall–Kier alpha value is -1.92. The van der Waals surface area contributed by atoms with Crippen LogP contribution in [0.2, 0.25) is 0 Å². The molecular formula is C18H24N2O3S. The number of hydrogen-bond donors (Lipinski definition) is 1. The fourth-order valence-electron chi connectivity index (χ4n) is 3.02. The van der Waals surface area contributed by atoms with E-state index in [0.29, 0.717) is 6.54 Å². The van der Waals surface area contributed by atoms with Gasteiger partial charge >= 0.3 is 5.97 Å². The van der Waals surface area contributed by atoms with Crippen molar-refractivity contribution in [3.63, 3.8) is 0 Å². The van der Waals surface area contributed by atoms with Crippen LogP contribution in [0.1, 0.15) is 33.3 Å². The molecule has 1 heterocycles. The Morgan fingerprint density at radius 3 is 2.42 bits per heavy atom. The molecule has 0 saturated heterocycles. The lowest BCUT2D eigenvalue weighted by molar-refractivity contribution is -0.143. The van der Waals surface area contributed by atoms with Crippen molar-refractivity contribution in [1.29, 1.82) is 0 Å². The molecule has 1 aromatic heterocycles. The van der Waals surface area contributed by atoms with Gasteiger partial charge in [0.25, 0.3) is 0 Å². The topological polar surface area (TPSA) is 62.7 Å². The molecular weight excluding hydrogens is 324 g/mol. The van der Waals surface area contributed by atoms with Crippen LogP contribution < -0.4 is 4.74 Å². The Labute approximate surface area is 146 Å². The Morgan fingerprint density at radius 2 is 1.96 bits per heavy atom. The van der Waals surface area contributed by atoms with E-state index in [1.54, 1.807) is 18.4 Å². The van der Waals surface area contributed by atoms with Gasteiger partial charge in [-0.05, 0) is 50.9 Å². The molecule has 0 bridgehead atoms. The third-order valence-electron chi connectivity index (χ3n) is 4.21. The minimum Gasteiger partial charge on any atom is -0.496 e. The predicted molar refractivity (Wildman–Crippen MR) is 96.0 cm³/mol. The molecule has 5 nitrogen and oxygen atoms in total. The van der Waals surface area contributed by atoms with Gasteiger partial charge in [0.2, 0.25) is 0 Å². The molecule has 0 aliphatic carbocycles. The first kappa shape index (κ1) is 18.4. The minimum absolute atomic E-state index is 0.657. The number of carbonyl (C=O) groups is 1. The van der Waals surface area contributed by atoms with Crippen LogP contribution in [0, 0.1) is 20.8 Å². The second-order valence-electron chi connectivity index (χ2n) is 6.02. The van der Waals surface area contributed by atoms with Crippen LogP contribution in [0.4, 0.5) is 0 Å². The van der Waals surface area contributed by atoms with Crippen LogP contribution in [-0.4, -0.2) is 41.7 Å². The number of nitrogens with zero attached hydrogens (tertiary/aromatic N) is 2. The third-order valence-corrected chi connectivity index (χ3v) is 5.21. The Balaban J connectivity index is 2.22. The number of rotatable bonds is 7. The van der Waals surface area contributed by atoms with E-state index in [1.165, 1.54) is 4.88 Å². The van der Waals surface area contributed by atoms with Gasteiger partial charge in [-0.2, -0.15) is 0 Å². The van der Waals surface area contributed by atoms with Crippen molar-refractivity contribution >= 4 is 17.3 Å². The molecule has 0 radical (unpaired) electrons. The Kier molecular flexibility index (Phi) is 5.96. The lowest BCUT2D eigenvalue weighted by Gasteiger charge is -2.26. The van der Waals surface area contributed by atoms with Gasteiger partial charge in [-0.25, -0.2) is 4.98 Å². The second kappa shape index (κ2) is 7.77. The number of aromatic nitrogens is 1. The van der Waals surface area contributed by atoms with Gasteiger partial charge in [0.1, 0.15) is 11.8 Å². The van der Waals surface area contributed by atoms with E-state index in [0.717, 1.165) is 34.6 Å². The molecule has 1 aromatic carbocycles. The van der Waals surface area contributed by atoms with Gasteiger partial charge < -0.3 is 9.84 Å². The standard InChI is InChI=1S/C18H24N2O3S/c1-11-8-14(9-12(2)17(11)23-5)16(18(21)22)20(4)7-6-15-13(3)19-10-24-15/h8-10,16H,6-7H2,1-5H3,(H,21,22)/t16-/m1/s1. The van der Waals surface area contributed by atoms with Crippen molar-refractivity contribution in [2.24, 2.45) is 0 Å². The number of aryl methyl sites for hydroxylation is 3. The quantitative estimate of drug-likeness (QED) is 0.831. The molecule has 0 saturated carbocycles. The highest BCUT2D eigenvalue weighted by atomic mass is 32.1. The zero-order valence-corrected chi connectivity index (χ0v) is 15.6. The summed E-state index contributed by atoms with van der Waals surface area (Å²) < 4.78 is 5.37. The summed E-state index contributed by atoms with van der Waals surface area (Å²) in [5.41, 5.74) is 5.53. The summed E-state index contributed by atoms with van der Waals surface area (Å²) in [6.07, 6.45) is 0.797. The number of ether oxygens (including phenoxy) is 1. The lowest BCUT2D eigenvalue weighted by atomic mass is 9.99. The summed E-state index contributed by atoms with van der Waals surface area (Å²) >= 11 is 1.62. The first-order valence-corrected chi connectivity index (χ1v) is 8.70. The molecule has 0 aliphatic rings. The summed E-state index contributed by atoms with van der Waals surface area (Å²) in [6, 6.07) is 3.12. The SMILES string of the molecule is COc1c(C)cc([C@H](C(=O)O)N(C)CCc2scnc2C)cc1C. The summed E-state index contributed by atoms with van der Waals surface area (Å²) in [5, 5.41) is 9.73. The Bertz CT molecular complexity index is 704. The third kappa shape index (κ3) is 3.94. The fraction of sp³-hybridized carbons (Fsp3) is 0.444. The van der Waals surface area contributed by atoms with Gasteiger partial charge in [-0.15, -0.1) is 11.3 Å². The van der Waals surface area contributed by atoms with Crippen molar-refractivity contribution in [3.8, 4) is 5.75 Å². The number of thiazole rings is 1. The number of carboxylic acids is 1. The molecule has 130 valence electrons. The molecule has 2 aromatic rings. The molecule has 2 rings (SSSR count). The van der Waals surface area contributed by atoms with Crippen LogP contribution >= 0.6 is 11.3 Å². The van der Waals surface area contributed by atoms with Crippen molar-refractivity contribution in [3.05, 3.63) is 44.9 Å². The van der Waals surface area contributed by atoms with Crippen LogP contribution in [0.25, 0.3) is 0 Å².